The number of amides is 4. The van der Waals surface area contributed by atoms with Crippen LogP contribution >= 0.6 is 0 Å². The van der Waals surface area contributed by atoms with E-state index in [0.717, 1.165) is 6.42 Å². The molecule has 3 rings (SSSR count). The van der Waals surface area contributed by atoms with Crippen molar-refractivity contribution < 1.29 is 9.59 Å². The summed E-state index contributed by atoms with van der Waals surface area (Å²) in [5.41, 5.74) is 2.48. The van der Waals surface area contributed by atoms with E-state index in [1.165, 1.54) is 16.0 Å². The van der Waals surface area contributed by atoms with Gasteiger partial charge in [0.2, 0.25) is 0 Å². The van der Waals surface area contributed by atoms with Gasteiger partial charge >= 0.3 is 12.1 Å². The lowest BCUT2D eigenvalue weighted by Crippen LogP contribution is -2.46. The zero-order valence-corrected chi connectivity index (χ0v) is 10.1. The molecule has 2 aliphatic heterocycles. The Kier molecular flexibility index (Phi) is 2.66. The molecule has 0 bridgehead atoms. The van der Waals surface area contributed by atoms with Gasteiger partial charge in [-0.1, -0.05) is 24.3 Å². The largest absolute Gasteiger partial charge is 0.336 e. The maximum Gasteiger partial charge on any atom is 0.328 e. The number of rotatable bonds is 0. The van der Waals surface area contributed by atoms with Crippen LogP contribution in [0.15, 0.2) is 24.3 Å². The first kappa shape index (κ1) is 11.1. The molecule has 0 aromatic heterocycles. The van der Waals surface area contributed by atoms with E-state index in [4.69, 9.17) is 0 Å². The van der Waals surface area contributed by atoms with E-state index in [0.29, 0.717) is 26.2 Å². The van der Waals surface area contributed by atoms with E-state index < -0.39 is 0 Å². The summed E-state index contributed by atoms with van der Waals surface area (Å²) >= 11 is 0. The Morgan fingerprint density at radius 2 is 1.94 bits per heavy atom. The average Bonchev–Trinajstić information content (AvgIpc) is 2.83. The van der Waals surface area contributed by atoms with Gasteiger partial charge in [0.05, 0.1) is 0 Å². The number of urea groups is 2. The van der Waals surface area contributed by atoms with Crippen LogP contribution in [-0.4, -0.2) is 41.5 Å². The number of carbonyl (C=O) groups excluding carboxylic acids is 2. The lowest BCUT2D eigenvalue weighted by Gasteiger charge is -2.31. The van der Waals surface area contributed by atoms with E-state index in [2.05, 4.69) is 11.4 Å². The van der Waals surface area contributed by atoms with E-state index in [1.807, 2.05) is 18.2 Å². The highest BCUT2D eigenvalue weighted by Crippen LogP contribution is 2.19. The monoisotopic (exact) mass is 245 g/mol. The van der Waals surface area contributed by atoms with Gasteiger partial charge < -0.3 is 10.2 Å². The third-order valence-corrected chi connectivity index (χ3v) is 3.49. The lowest BCUT2D eigenvalue weighted by molar-refractivity contribution is 0.159. The Morgan fingerprint density at radius 1 is 1.17 bits per heavy atom. The summed E-state index contributed by atoms with van der Waals surface area (Å²) in [6, 6.07) is 7.68. The Labute approximate surface area is 105 Å². The van der Waals surface area contributed by atoms with Gasteiger partial charge in [0, 0.05) is 26.2 Å². The van der Waals surface area contributed by atoms with Crippen molar-refractivity contribution in [3.8, 4) is 0 Å². The van der Waals surface area contributed by atoms with Crippen LogP contribution in [0.5, 0.6) is 0 Å². The van der Waals surface area contributed by atoms with Gasteiger partial charge in [0.15, 0.2) is 0 Å². The third-order valence-electron chi connectivity index (χ3n) is 3.49. The molecule has 18 heavy (non-hydrogen) atoms. The average molecular weight is 245 g/mol. The second kappa shape index (κ2) is 4.33. The van der Waals surface area contributed by atoms with Crippen molar-refractivity contribution >= 4 is 12.1 Å². The summed E-state index contributed by atoms with van der Waals surface area (Å²) in [5.74, 6) is 0. The molecular weight excluding hydrogens is 230 g/mol. The Balaban J connectivity index is 1.76. The SMILES string of the molecule is O=C1NCCN1C(=O)N1CCc2ccccc2C1. The second-order valence-electron chi connectivity index (χ2n) is 4.61. The van der Waals surface area contributed by atoms with Crippen molar-refractivity contribution in [2.24, 2.45) is 0 Å². The summed E-state index contributed by atoms with van der Waals surface area (Å²) in [4.78, 5) is 26.7. The number of hydrogen-bond acceptors (Lipinski definition) is 2. The topological polar surface area (TPSA) is 52.7 Å². The fraction of sp³-hybridized carbons (Fsp3) is 0.385. The van der Waals surface area contributed by atoms with Crippen molar-refractivity contribution in [3.05, 3.63) is 35.4 Å². The molecule has 2 aliphatic rings. The molecule has 1 aromatic rings. The number of nitrogens with one attached hydrogen (secondary N) is 1. The standard InChI is InChI=1S/C13H15N3O2/c17-12-14-6-8-16(12)13(18)15-7-5-10-3-1-2-4-11(10)9-15/h1-4H,5-9H2,(H,14,17). The number of imide groups is 1. The molecule has 1 aromatic carbocycles. The van der Waals surface area contributed by atoms with Crippen LogP contribution < -0.4 is 5.32 Å². The van der Waals surface area contributed by atoms with Crippen LogP contribution in [-0.2, 0) is 13.0 Å². The minimum Gasteiger partial charge on any atom is -0.336 e. The summed E-state index contributed by atoms with van der Waals surface area (Å²) in [7, 11) is 0. The number of benzene rings is 1. The van der Waals surface area contributed by atoms with Gasteiger partial charge in [-0.05, 0) is 17.5 Å². The first-order valence-electron chi connectivity index (χ1n) is 6.17. The highest BCUT2D eigenvalue weighted by molar-refractivity contribution is 5.95. The van der Waals surface area contributed by atoms with E-state index in [1.54, 1.807) is 4.90 Å². The fourth-order valence-corrected chi connectivity index (χ4v) is 2.48. The molecular formula is C13H15N3O2. The van der Waals surface area contributed by atoms with Crippen LogP contribution in [0.4, 0.5) is 9.59 Å². The molecule has 0 aliphatic carbocycles. The quantitative estimate of drug-likeness (QED) is 0.746. The lowest BCUT2D eigenvalue weighted by atomic mass is 10.0. The summed E-state index contributed by atoms with van der Waals surface area (Å²) in [6.07, 6.45) is 0.859. The molecule has 0 saturated carbocycles. The van der Waals surface area contributed by atoms with Crippen molar-refractivity contribution in [1.82, 2.24) is 15.1 Å². The minimum atomic E-state index is -0.279. The number of hydrogen-bond donors (Lipinski definition) is 1. The Bertz CT molecular complexity index is 501. The highest BCUT2D eigenvalue weighted by atomic mass is 16.2. The normalized spacial score (nSPS) is 18.6. The molecule has 2 heterocycles. The van der Waals surface area contributed by atoms with Gasteiger partial charge in [-0.15, -0.1) is 0 Å². The van der Waals surface area contributed by atoms with Gasteiger partial charge in [-0.3, -0.25) is 0 Å². The molecule has 1 fully saturated rings. The smallest absolute Gasteiger partial charge is 0.328 e. The van der Waals surface area contributed by atoms with Crippen LogP contribution in [0.25, 0.3) is 0 Å². The van der Waals surface area contributed by atoms with Crippen molar-refractivity contribution in [2.45, 2.75) is 13.0 Å². The zero-order valence-electron chi connectivity index (χ0n) is 10.1. The molecule has 0 spiro atoms. The van der Waals surface area contributed by atoms with E-state index >= 15 is 0 Å². The van der Waals surface area contributed by atoms with Crippen LogP contribution in [0.1, 0.15) is 11.1 Å². The van der Waals surface area contributed by atoms with Crippen molar-refractivity contribution in [2.75, 3.05) is 19.6 Å². The summed E-state index contributed by atoms with van der Waals surface area (Å²) < 4.78 is 0. The molecule has 0 radical (unpaired) electrons. The second-order valence-corrected chi connectivity index (χ2v) is 4.61. The number of carbonyl (C=O) groups is 2. The summed E-state index contributed by atoms with van der Waals surface area (Å²) in [6.45, 7) is 2.29. The van der Waals surface area contributed by atoms with Gasteiger partial charge in [-0.25, -0.2) is 14.5 Å². The molecule has 5 nitrogen and oxygen atoms in total. The number of nitrogens with zero attached hydrogens (tertiary/aromatic N) is 2. The maximum absolute atomic E-state index is 12.2. The summed E-state index contributed by atoms with van der Waals surface area (Å²) in [5, 5.41) is 2.65. The van der Waals surface area contributed by atoms with Crippen LogP contribution in [0, 0.1) is 0 Å². The first-order chi connectivity index (χ1) is 8.75. The third kappa shape index (κ3) is 1.81. The predicted octanol–water partition coefficient (Wildman–Crippen LogP) is 1.19. The van der Waals surface area contributed by atoms with Gasteiger partial charge in [0.25, 0.3) is 0 Å². The fourth-order valence-electron chi connectivity index (χ4n) is 2.48. The molecule has 0 unspecified atom stereocenters. The van der Waals surface area contributed by atoms with Gasteiger partial charge in [0.1, 0.15) is 0 Å². The molecule has 5 heteroatoms. The molecule has 0 atom stereocenters. The minimum absolute atomic E-state index is 0.181. The van der Waals surface area contributed by atoms with Crippen LogP contribution in [0.3, 0.4) is 0 Å². The first-order valence-corrected chi connectivity index (χ1v) is 6.17. The predicted molar refractivity (Wildman–Crippen MR) is 66.1 cm³/mol. The molecule has 1 saturated heterocycles. The molecule has 4 amide bonds. The van der Waals surface area contributed by atoms with Crippen molar-refractivity contribution in [1.29, 1.82) is 0 Å². The van der Waals surface area contributed by atoms with E-state index in [-0.39, 0.29) is 12.1 Å². The number of fused-ring (bicyclic) bond motifs is 1. The van der Waals surface area contributed by atoms with E-state index in [9.17, 15) is 9.59 Å². The molecule has 1 N–H and O–H groups in total. The van der Waals surface area contributed by atoms with Crippen LogP contribution in [0.2, 0.25) is 0 Å². The highest BCUT2D eigenvalue weighted by Gasteiger charge is 2.31. The Hall–Kier alpha value is -2.04. The van der Waals surface area contributed by atoms with Gasteiger partial charge in [-0.2, -0.15) is 0 Å². The Morgan fingerprint density at radius 3 is 2.67 bits per heavy atom. The zero-order chi connectivity index (χ0) is 12.5. The maximum atomic E-state index is 12.2. The van der Waals surface area contributed by atoms with Crippen molar-refractivity contribution in [3.63, 3.8) is 0 Å². The molecule has 94 valence electrons.